The van der Waals surface area contributed by atoms with E-state index in [2.05, 4.69) is 31.0 Å². The molecule has 212 valence electrons. The first kappa shape index (κ1) is 29.0. The minimum absolute atomic E-state index is 0.0833. The number of carbonyl (C=O) groups is 3. The van der Waals surface area contributed by atoms with Crippen molar-refractivity contribution in [1.82, 2.24) is 20.0 Å². The second kappa shape index (κ2) is 12.9. The normalized spacial score (nSPS) is 26.8. The van der Waals surface area contributed by atoms with Gasteiger partial charge in [0.1, 0.15) is 6.04 Å². The highest BCUT2D eigenvalue weighted by Crippen LogP contribution is 2.29. The molecule has 3 aliphatic rings. The Hall–Kier alpha value is -2.01. The van der Waals surface area contributed by atoms with E-state index in [0.29, 0.717) is 44.0 Å². The quantitative estimate of drug-likeness (QED) is 0.517. The minimum atomic E-state index is -0.599. The van der Waals surface area contributed by atoms with Crippen LogP contribution in [0.2, 0.25) is 0 Å². The Morgan fingerprint density at radius 3 is 2.50 bits per heavy atom. The van der Waals surface area contributed by atoms with Crippen molar-refractivity contribution >= 4 is 29.1 Å². The Kier molecular flexibility index (Phi) is 9.84. The summed E-state index contributed by atoms with van der Waals surface area (Å²) in [4.78, 5) is 47.3. The summed E-state index contributed by atoms with van der Waals surface area (Å²) in [6.45, 7) is 11.0. The van der Waals surface area contributed by atoms with Gasteiger partial charge in [0, 0.05) is 51.2 Å². The van der Waals surface area contributed by atoms with E-state index in [0.717, 1.165) is 45.3 Å². The Bertz CT molecular complexity index is 936. The number of thiophene rings is 1. The molecule has 1 aliphatic carbocycles. The lowest BCUT2D eigenvalue weighted by Gasteiger charge is -2.34. The van der Waals surface area contributed by atoms with Gasteiger partial charge in [0.15, 0.2) is 0 Å². The maximum atomic E-state index is 13.6. The smallest absolute Gasteiger partial charge is 0.264 e. The first-order valence-corrected chi connectivity index (χ1v) is 15.0. The summed E-state index contributed by atoms with van der Waals surface area (Å²) in [7, 11) is 0. The molecule has 0 radical (unpaired) electrons. The predicted octanol–water partition coefficient (Wildman–Crippen LogP) is 2.31. The van der Waals surface area contributed by atoms with Crippen LogP contribution < -0.4 is 11.1 Å². The lowest BCUT2D eigenvalue weighted by atomic mass is 9.91. The monoisotopic (exact) mass is 547 g/mol. The second-order valence-electron chi connectivity index (χ2n) is 12.2. The van der Waals surface area contributed by atoms with E-state index >= 15 is 0 Å². The molecule has 38 heavy (non-hydrogen) atoms. The molecule has 0 bridgehead atoms. The highest BCUT2D eigenvalue weighted by molar-refractivity contribution is 7.12. The van der Waals surface area contributed by atoms with Crippen LogP contribution >= 0.6 is 11.3 Å². The molecule has 1 aromatic rings. The minimum Gasteiger partial charge on any atom is -0.379 e. The van der Waals surface area contributed by atoms with Crippen molar-refractivity contribution in [3.8, 4) is 0 Å². The van der Waals surface area contributed by atoms with Crippen molar-refractivity contribution in [2.24, 2.45) is 11.1 Å². The van der Waals surface area contributed by atoms with Crippen molar-refractivity contribution in [2.75, 3.05) is 45.9 Å². The third kappa shape index (κ3) is 7.77. The SMILES string of the molecule is CC(C)(C)CC(=O)N(CCN1CCOCC1)C1CC(C(=O)NC2CCC(N)CC2)N(C(=O)c2cccs2)C1. The molecule has 4 rings (SSSR count). The fraction of sp³-hybridized carbons (Fsp3) is 0.750. The Morgan fingerprint density at radius 1 is 1.16 bits per heavy atom. The van der Waals surface area contributed by atoms with Crippen molar-refractivity contribution in [3.63, 3.8) is 0 Å². The average molecular weight is 548 g/mol. The van der Waals surface area contributed by atoms with Crippen LogP contribution in [-0.2, 0) is 14.3 Å². The number of hydrogen-bond donors (Lipinski definition) is 2. The van der Waals surface area contributed by atoms with Gasteiger partial charge in [-0.25, -0.2) is 0 Å². The summed E-state index contributed by atoms with van der Waals surface area (Å²) in [5.41, 5.74) is 5.90. The Balaban J connectivity index is 1.52. The zero-order valence-corrected chi connectivity index (χ0v) is 24.0. The largest absolute Gasteiger partial charge is 0.379 e. The maximum absolute atomic E-state index is 13.6. The molecule has 2 saturated heterocycles. The van der Waals surface area contributed by atoms with Gasteiger partial charge in [-0.1, -0.05) is 26.8 Å². The summed E-state index contributed by atoms with van der Waals surface area (Å²) < 4.78 is 5.49. The molecule has 3 heterocycles. The highest BCUT2D eigenvalue weighted by atomic mass is 32.1. The number of rotatable bonds is 8. The van der Waals surface area contributed by atoms with Crippen molar-refractivity contribution < 1.29 is 19.1 Å². The number of morpholine rings is 1. The summed E-state index contributed by atoms with van der Waals surface area (Å²) in [6, 6.07) is 3.14. The molecule has 1 aromatic heterocycles. The fourth-order valence-corrected chi connectivity index (χ4v) is 6.43. The van der Waals surface area contributed by atoms with Gasteiger partial charge in [0.2, 0.25) is 11.8 Å². The third-order valence-electron chi connectivity index (χ3n) is 7.90. The van der Waals surface area contributed by atoms with Crippen LogP contribution in [0.4, 0.5) is 0 Å². The Labute approximate surface area is 231 Å². The molecule has 1 saturated carbocycles. The molecule has 3 amide bonds. The molecule has 3 N–H and O–H groups in total. The van der Waals surface area contributed by atoms with E-state index in [4.69, 9.17) is 10.5 Å². The molecule has 0 spiro atoms. The zero-order valence-electron chi connectivity index (χ0n) is 23.2. The Morgan fingerprint density at radius 2 is 1.87 bits per heavy atom. The number of nitrogens with one attached hydrogen (secondary N) is 1. The lowest BCUT2D eigenvalue weighted by Crippen LogP contribution is -2.50. The van der Waals surface area contributed by atoms with Gasteiger partial charge in [0.25, 0.3) is 5.91 Å². The zero-order chi connectivity index (χ0) is 27.3. The molecule has 2 unspecified atom stereocenters. The van der Waals surface area contributed by atoms with Gasteiger partial charge in [-0.3, -0.25) is 19.3 Å². The van der Waals surface area contributed by atoms with Crippen molar-refractivity contribution in [1.29, 1.82) is 0 Å². The van der Waals surface area contributed by atoms with E-state index in [9.17, 15) is 14.4 Å². The molecule has 2 atom stereocenters. The molecule has 3 fully saturated rings. The number of carbonyl (C=O) groups excluding carboxylic acids is 3. The summed E-state index contributed by atoms with van der Waals surface area (Å²) >= 11 is 1.38. The predicted molar refractivity (Wildman–Crippen MR) is 149 cm³/mol. The van der Waals surface area contributed by atoms with Gasteiger partial charge < -0.3 is 25.6 Å². The fourth-order valence-electron chi connectivity index (χ4n) is 5.76. The first-order chi connectivity index (χ1) is 18.1. The van der Waals surface area contributed by atoms with E-state index in [-0.39, 0.29) is 41.3 Å². The number of nitrogens with two attached hydrogens (primary N) is 1. The highest BCUT2D eigenvalue weighted by Gasteiger charge is 2.44. The number of hydrogen-bond acceptors (Lipinski definition) is 7. The van der Waals surface area contributed by atoms with Gasteiger partial charge >= 0.3 is 0 Å². The van der Waals surface area contributed by atoms with Gasteiger partial charge in [-0.05, 0) is 49.0 Å². The first-order valence-electron chi connectivity index (χ1n) is 14.1. The molecule has 0 aromatic carbocycles. The van der Waals surface area contributed by atoms with E-state index < -0.39 is 6.04 Å². The average Bonchev–Trinajstić information content (AvgIpc) is 3.56. The van der Waals surface area contributed by atoms with Gasteiger partial charge in [-0.15, -0.1) is 11.3 Å². The van der Waals surface area contributed by atoms with Crippen LogP contribution in [0.3, 0.4) is 0 Å². The molecular weight excluding hydrogens is 502 g/mol. The van der Waals surface area contributed by atoms with Crippen LogP contribution in [-0.4, -0.2) is 103 Å². The maximum Gasteiger partial charge on any atom is 0.264 e. The summed E-state index contributed by atoms with van der Waals surface area (Å²) in [5.74, 6) is -0.166. The molecule has 9 nitrogen and oxygen atoms in total. The molecule has 10 heteroatoms. The summed E-state index contributed by atoms with van der Waals surface area (Å²) in [6.07, 6.45) is 4.38. The van der Waals surface area contributed by atoms with Crippen LogP contribution in [0.25, 0.3) is 0 Å². The van der Waals surface area contributed by atoms with Crippen LogP contribution in [0.1, 0.15) is 69.0 Å². The lowest BCUT2D eigenvalue weighted by molar-refractivity contribution is -0.136. The number of likely N-dealkylation sites (tertiary alicyclic amines) is 1. The summed E-state index contributed by atoms with van der Waals surface area (Å²) in [5, 5.41) is 5.09. The van der Waals surface area contributed by atoms with E-state index in [1.54, 1.807) is 11.0 Å². The molecular formula is C28H45N5O4S. The van der Waals surface area contributed by atoms with E-state index in [1.165, 1.54) is 11.3 Å². The van der Waals surface area contributed by atoms with Gasteiger partial charge in [-0.2, -0.15) is 0 Å². The van der Waals surface area contributed by atoms with Crippen molar-refractivity contribution in [3.05, 3.63) is 22.4 Å². The van der Waals surface area contributed by atoms with E-state index in [1.807, 2.05) is 16.3 Å². The standard InChI is InChI=1S/C28H45N5O4S/c1-28(2,3)18-25(34)32(11-10-31-12-14-37-15-13-31)22-17-23(26(35)30-21-8-6-20(29)7-9-21)33(19-22)27(36)24-5-4-16-38-24/h4-5,16,20-23H,6-15,17-19,29H2,1-3H3,(H,30,35). The van der Waals surface area contributed by atoms with Gasteiger partial charge in [0.05, 0.1) is 24.1 Å². The second-order valence-corrected chi connectivity index (χ2v) is 13.2. The molecule has 2 aliphatic heterocycles. The third-order valence-corrected chi connectivity index (χ3v) is 8.75. The topological polar surface area (TPSA) is 108 Å². The number of ether oxygens (including phenoxy) is 1. The van der Waals surface area contributed by atoms with Crippen molar-refractivity contribution in [2.45, 2.75) is 83.5 Å². The number of amides is 3. The number of nitrogens with zero attached hydrogens (tertiary/aromatic N) is 3. The van der Waals surface area contributed by atoms with Crippen LogP contribution in [0, 0.1) is 5.41 Å². The van der Waals surface area contributed by atoms with Crippen LogP contribution in [0.5, 0.6) is 0 Å². The van der Waals surface area contributed by atoms with Crippen LogP contribution in [0.15, 0.2) is 17.5 Å².